The summed E-state index contributed by atoms with van der Waals surface area (Å²) in [7, 11) is 0. The molecule has 0 spiro atoms. The fourth-order valence-electron chi connectivity index (χ4n) is 4.25. The van der Waals surface area contributed by atoms with Crippen LogP contribution in [0.3, 0.4) is 0 Å². The predicted octanol–water partition coefficient (Wildman–Crippen LogP) is 7.35. The fraction of sp³-hybridized carbons (Fsp3) is 0.0667. The first-order valence-electron chi connectivity index (χ1n) is 11.9. The van der Waals surface area contributed by atoms with Crippen LogP contribution in [0.25, 0.3) is 10.9 Å². The molecule has 1 heterocycles. The maximum Gasteiger partial charge on any atom is 0.416 e. The van der Waals surface area contributed by atoms with Crippen molar-refractivity contribution in [1.29, 1.82) is 0 Å². The molecule has 0 aliphatic rings. The minimum absolute atomic E-state index is 0.101. The van der Waals surface area contributed by atoms with E-state index in [1.165, 1.54) is 30.3 Å². The highest BCUT2D eigenvalue weighted by atomic mass is 19.4. The normalized spacial score (nSPS) is 11.4. The van der Waals surface area contributed by atoms with Crippen LogP contribution in [0.4, 0.5) is 28.9 Å². The zero-order valence-corrected chi connectivity index (χ0v) is 20.3. The SMILES string of the molecule is O=C(Nc1ccc2c(c1)cc(C(=O)Nc1ccc(C(F)(F)F)cc1)n2Cc1ccccc1)c1ccccc1F. The number of benzene rings is 4. The van der Waals surface area contributed by atoms with Gasteiger partial charge in [-0.2, -0.15) is 13.2 Å². The Hall–Kier alpha value is -4.92. The molecule has 39 heavy (non-hydrogen) atoms. The van der Waals surface area contributed by atoms with E-state index in [1.807, 2.05) is 30.3 Å². The summed E-state index contributed by atoms with van der Waals surface area (Å²) in [5.74, 6) is -1.78. The second-order valence-electron chi connectivity index (χ2n) is 8.84. The molecule has 2 N–H and O–H groups in total. The lowest BCUT2D eigenvalue weighted by molar-refractivity contribution is -0.137. The number of alkyl halides is 3. The molecule has 9 heteroatoms. The molecule has 0 radical (unpaired) electrons. The van der Waals surface area contributed by atoms with Crippen LogP contribution in [-0.2, 0) is 12.7 Å². The molecular formula is C30H21F4N3O2. The number of fused-ring (bicyclic) bond motifs is 1. The van der Waals surface area contributed by atoms with Crippen molar-refractivity contribution >= 4 is 34.1 Å². The molecule has 0 aliphatic carbocycles. The van der Waals surface area contributed by atoms with E-state index in [9.17, 15) is 27.2 Å². The number of aromatic nitrogens is 1. The third-order valence-electron chi connectivity index (χ3n) is 6.16. The summed E-state index contributed by atoms with van der Waals surface area (Å²) < 4.78 is 54.6. The van der Waals surface area contributed by atoms with Crippen LogP contribution in [0.1, 0.15) is 32.0 Å². The quantitative estimate of drug-likeness (QED) is 0.225. The van der Waals surface area contributed by atoms with Gasteiger partial charge in [0.25, 0.3) is 11.8 Å². The van der Waals surface area contributed by atoms with Gasteiger partial charge in [-0.1, -0.05) is 42.5 Å². The molecule has 0 fully saturated rings. The highest BCUT2D eigenvalue weighted by Gasteiger charge is 2.30. The number of rotatable bonds is 6. The van der Waals surface area contributed by atoms with Gasteiger partial charge in [0.15, 0.2) is 0 Å². The minimum atomic E-state index is -4.48. The highest BCUT2D eigenvalue weighted by Crippen LogP contribution is 2.30. The number of nitrogens with one attached hydrogen (secondary N) is 2. The summed E-state index contributed by atoms with van der Waals surface area (Å²) in [6, 6.07) is 26.0. The van der Waals surface area contributed by atoms with Crippen LogP contribution in [0.2, 0.25) is 0 Å². The molecule has 0 saturated heterocycles. The number of amides is 2. The van der Waals surface area contributed by atoms with E-state index in [-0.39, 0.29) is 16.9 Å². The van der Waals surface area contributed by atoms with Gasteiger partial charge in [0.1, 0.15) is 11.5 Å². The van der Waals surface area contributed by atoms with Crippen molar-refractivity contribution in [2.45, 2.75) is 12.7 Å². The Kier molecular flexibility index (Phi) is 6.89. The average Bonchev–Trinajstić information content (AvgIpc) is 3.27. The summed E-state index contributed by atoms with van der Waals surface area (Å²) in [4.78, 5) is 25.9. The van der Waals surface area contributed by atoms with Gasteiger partial charge in [-0.25, -0.2) is 4.39 Å². The number of anilines is 2. The molecule has 0 bridgehead atoms. The summed E-state index contributed by atoms with van der Waals surface area (Å²) in [5.41, 5.74) is 1.59. The molecule has 0 unspecified atom stereocenters. The monoisotopic (exact) mass is 531 g/mol. The van der Waals surface area contributed by atoms with E-state index in [0.29, 0.717) is 23.1 Å². The van der Waals surface area contributed by atoms with Crippen LogP contribution in [0.15, 0.2) is 103 Å². The Bertz CT molecular complexity index is 1660. The zero-order valence-electron chi connectivity index (χ0n) is 20.3. The molecule has 0 saturated carbocycles. The van der Waals surface area contributed by atoms with Crippen LogP contribution < -0.4 is 10.6 Å². The molecule has 4 aromatic carbocycles. The second-order valence-corrected chi connectivity index (χ2v) is 8.84. The lowest BCUT2D eigenvalue weighted by Crippen LogP contribution is -2.17. The summed E-state index contributed by atoms with van der Waals surface area (Å²) >= 11 is 0. The fourth-order valence-corrected chi connectivity index (χ4v) is 4.25. The van der Waals surface area contributed by atoms with Crippen LogP contribution >= 0.6 is 0 Å². The molecule has 2 amide bonds. The number of halogens is 4. The lowest BCUT2D eigenvalue weighted by atomic mass is 10.1. The Labute approximate surface area is 220 Å². The maximum absolute atomic E-state index is 14.0. The first kappa shape index (κ1) is 25.7. The summed E-state index contributed by atoms with van der Waals surface area (Å²) in [6.45, 7) is 0.348. The third kappa shape index (κ3) is 5.67. The van der Waals surface area contributed by atoms with E-state index in [2.05, 4.69) is 10.6 Å². The van der Waals surface area contributed by atoms with E-state index in [4.69, 9.17) is 0 Å². The first-order valence-corrected chi connectivity index (χ1v) is 11.9. The van der Waals surface area contributed by atoms with Crippen LogP contribution in [0, 0.1) is 5.82 Å². The minimum Gasteiger partial charge on any atom is -0.332 e. The van der Waals surface area contributed by atoms with E-state index >= 15 is 0 Å². The standard InChI is InChI=1S/C30H21F4N3O2/c31-25-9-5-4-8-24(25)28(38)36-23-14-15-26-20(16-23)17-27(37(26)18-19-6-2-1-3-7-19)29(39)35-22-12-10-21(11-13-22)30(32,33)34/h1-17H,18H2,(H,35,39)(H,36,38). The molecule has 0 atom stereocenters. The number of carbonyl (C=O) groups excluding carboxylic acids is 2. The van der Waals surface area contributed by atoms with E-state index in [1.54, 1.807) is 34.9 Å². The van der Waals surface area contributed by atoms with Crippen molar-refractivity contribution in [3.05, 3.63) is 131 Å². The van der Waals surface area contributed by atoms with E-state index < -0.39 is 29.4 Å². The summed E-state index contributed by atoms with van der Waals surface area (Å²) in [5, 5.41) is 5.97. The van der Waals surface area contributed by atoms with Crippen LogP contribution in [0.5, 0.6) is 0 Å². The predicted molar refractivity (Wildman–Crippen MR) is 141 cm³/mol. The van der Waals surface area contributed by atoms with Gasteiger partial charge in [0, 0.05) is 28.8 Å². The summed E-state index contributed by atoms with van der Waals surface area (Å²) in [6.07, 6.45) is -4.48. The second kappa shape index (κ2) is 10.4. The molecular weight excluding hydrogens is 510 g/mol. The average molecular weight is 532 g/mol. The van der Waals surface area contributed by atoms with E-state index in [0.717, 1.165) is 17.7 Å². The highest BCUT2D eigenvalue weighted by molar-refractivity contribution is 6.08. The van der Waals surface area contributed by atoms with Crippen molar-refractivity contribution < 1.29 is 27.2 Å². The van der Waals surface area contributed by atoms with Gasteiger partial charge in [-0.05, 0) is 66.2 Å². The largest absolute Gasteiger partial charge is 0.416 e. The van der Waals surface area contributed by atoms with Crippen molar-refractivity contribution in [3.63, 3.8) is 0 Å². The van der Waals surface area contributed by atoms with Gasteiger partial charge in [0.05, 0.1) is 11.1 Å². The molecule has 5 rings (SSSR count). The van der Waals surface area contributed by atoms with Crippen molar-refractivity contribution in [1.82, 2.24) is 4.57 Å². The molecule has 5 nitrogen and oxygen atoms in total. The first-order chi connectivity index (χ1) is 18.7. The third-order valence-corrected chi connectivity index (χ3v) is 6.16. The maximum atomic E-state index is 14.0. The lowest BCUT2D eigenvalue weighted by Gasteiger charge is -2.13. The van der Waals surface area contributed by atoms with Gasteiger partial charge in [-0.3, -0.25) is 9.59 Å². The number of carbonyl (C=O) groups is 2. The number of hydrogen-bond acceptors (Lipinski definition) is 2. The van der Waals surface area contributed by atoms with Gasteiger partial charge in [0.2, 0.25) is 0 Å². The van der Waals surface area contributed by atoms with Crippen LogP contribution in [-0.4, -0.2) is 16.4 Å². The Morgan fingerprint density at radius 3 is 2.05 bits per heavy atom. The van der Waals surface area contributed by atoms with Crippen molar-refractivity contribution in [2.75, 3.05) is 10.6 Å². The topological polar surface area (TPSA) is 63.1 Å². The van der Waals surface area contributed by atoms with Crippen molar-refractivity contribution in [3.8, 4) is 0 Å². The zero-order chi connectivity index (χ0) is 27.6. The Morgan fingerprint density at radius 1 is 0.718 bits per heavy atom. The molecule has 196 valence electrons. The van der Waals surface area contributed by atoms with Crippen molar-refractivity contribution in [2.24, 2.45) is 0 Å². The molecule has 1 aromatic heterocycles. The van der Waals surface area contributed by atoms with Gasteiger partial charge < -0.3 is 15.2 Å². The Balaban J connectivity index is 1.47. The number of hydrogen-bond donors (Lipinski definition) is 2. The van der Waals surface area contributed by atoms with Gasteiger partial charge >= 0.3 is 6.18 Å². The molecule has 5 aromatic rings. The smallest absolute Gasteiger partial charge is 0.332 e. The van der Waals surface area contributed by atoms with Gasteiger partial charge in [-0.15, -0.1) is 0 Å². The molecule has 0 aliphatic heterocycles. The number of nitrogens with zero attached hydrogens (tertiary/aromatic N) is 1. The Morgan fingerprint density at radius 2 is 1.36 bits per heavy atom.